The van der Waals surface area contributed by atoms with Crippen molar-refractivity contribution < 1.29 is 4.79 Å². The first-order valence-corrected chi connectivity index (χ1v) is 6.61. The Labute approximate surface area is 101 Å². The molecule has 80 valence electrons. The molecule has 1 aromatic rings. The van der Waals surface area contributed by atoms with Gasteiger partial charge in [0.1, 0.15) is 11.1 Å². The average Bonchev–Trinajstić information content (AvgIpc) is 2.65. The zero-order valence-electron chi connectivity index (χ0n) is 8.12. The number of rotatable bonds is 5. The molecule has 0 saturated carbocycles. The minimum absolute atomic E-state index is 0.0186. The van der Waals surface area contributed by atoms with Gasteiger partial charge in [-0.1, -0.05) is 15.9 Å². The van der Waals surface area contributed by atoms with Gasteiger partial charge in [-0.2, -0.15) is 5.26 Å². The number of halogens is 1. The van der Waals surface area contributed by atoms with Crippen LogP contribution >= 0.6 is 27.3 Å². The van der Waals surface area contributed by atoms with E-state index in [0.29, 0.717) is 17.0 Å². The van der Waals surface area contributed by atoms with Crippen LogP contribution in [-0.4, -0.2) is 11.2 Å². The molecule has 0 aliphatic heterocycles. The second-order valence-corrected chi connectivity index (χ2v) is 4.68. The number of nitrogens with one attached hydrogen (secondary N) is 1. The summed E-state index contributed by atoms with van der Waals surface area (Å²) >= 11 is 4.69. The van der Waals surface area contributed by atoms with Crippen molar-refractivity contribution in [3.8, 4) is 6.07 Å². The van der Waals surface area contributed by atoms with Crippen LogP contribution in [0.15, 0.2) is 11.4 Å². The quantitative estimate of drug-likeness (QED) is 0.668. The molecule has 5 heteroatoms. The van der Waals surface area contributed by atoms with E-state index in [1.54, 1.807) is 11.4 Å². The van der Waals surface area contributed by atoms with E-state index in [-0.39, 0.29) is 5.91 Å². The molecule has 0 bridgehead atoms. The van der Waals surface area contributed by atoms with Crippen molar-refractivity contribution in [3.63, 3.8) is 0 Å². The summed E-state index contributed by atoms with van der Waals surface area (Å²) in [6.07, 6.45) is 2.36. The summed E-state index contributed by atoms with van der Waals surface area (Å²) in [4.78, 5) is 11.4. The molecule has 15 heavy (non-hydrogen) atoms. The third-order valence-corrected chi connectivity index (χ3v) is 3.22. The Bertz CT molecular complexity index is 370. The molecule has 0 fully saturated rings. The van der Waals surface area contributed by atoms with Crippen LogP contribution in [0.1, 0.15) is 24.8 Å². The fourth-order valence-corrected chi connectivity index (χ4v) is 2.21. The molecule has 0 aromatic carbocycles. The largest absolute Gasteiger partial charge is 0.317 e. The van der Waals surface area contributed by atoms with Gasteiger partial charge in [-0.05, 0) is 24.3 Å². The van der Waals surface area contributed by atoms with Crippen LogP contribution in [-0.2, 0) is 4.79 Å². The highest BCUT2D eigenvalue weighted by atomic mass is 79.9. The Hall–Kier alpha value is -0.860. The highest BCUT2D eigenvalue weighted by molar-refractivity contribution is 9.09. The maximum atomic E-state index is 11.4. The van der Waals surface area contributed by atoms with Crippen molar-refractivity contribution in [1.29, 1.82) is 5.26 Å². The number of amides is 1. The number of nitriles is 1. The summed E-state index contributed by atoms with van der Waals surface area (Å²) in [6, 6.07) is 3.74. The summed E-state index contributed by atoms with van der Waals surface area (Å²) in [5.74, 6) is -0.0186. The molecule has 0 saturated heterocycles. The van der Waals surface area contributed by atoms with Crippen molar-refractivity contribution in [2.24, 2.45) is 0 Å². The van der Waals surface area contributed by atoms with Gasteiger partial charge in [-0.25, -0.2) is 0 Å². The predicted molar refractivity (Wildman–Crippen MR) is 65.3 cm³/mol. The number of unbranched alkanes of at least 4 members (excludes halogenated alkanes) is 1. The van der Waals surface area contributed by atoms with Gasteiger partial charge in [0.2, 0.25) is 5.91 Å². The van der Waals surface area contributed by atoms with Gasteiger partial charge in [0.05, 0.1) is 5.56 Å². The van der Waals surface area contributed by atoms with Gasteiger partial charge in [-0.15, -0.1) is 11.3 Å². The molecule has 1 N–H and O–H groups in total. The van der Waals surface area contributed by atoms with Crippen LogP contribution in [0.2, 0.25) is 0 Å². The topological polar surface area (TPSA) is 52.9 Å². The molecule has 0 spiro atoms. The molecule has 1 aromatic heterocycles. The van der Waals surface area contributed by atoms with Gasteiger partial charge in [-0.3, -0.25) is 4.79 Å². The normalized spacial score (nSPS) is 9.60. The first kappa shape index (κ1) is 12.2. The number of hydrogen-bond acceptors (Lipinski definition) is 3. The number of hydrogen-bond donors (Lipinski definition) is 1. The zero-order valence-corrected chi connectivity index (χ0v) is 10.5. The van der Waals surface area contributed by atoms with Gasteiger partial charge >= 0.3 is 0 Å². The smallest absolute Gasteiger partial charge is 0.225 e. The molecule has 0 unspecified atom stereocenters. The van der Waals surface area contributed by atoms with Gasteiger partial charge < -0.3 is 5.32 Å². The zero-order chi connectivity index (χ0) is 11.1. The molecule has 1 amide bonds. The molecule has 1 rings (SSSR count). The molecule has 0 aliphatic rings. The third kappa shape index (κ3) is 4.02. The van der Waals surface area contributed by atoms with Gasteiger partial charge in [0.25, 0.3) is 0 Å². The highest BCUT2D eigenvalue weighted by Crippen LogP contribution is 2.22. The number of alkyl halides is 1. The van der Waals surface area contributed by atoms with Crippen molar-refractivity contribution in [3.05, 3.63) is 17.0 Å². The van der Waals surface area contributed by atoms with Crippen LogP contribution in [0.3, 0.4) is 0 Å². The summed E-state index contributed by atoms with van der Waals surface area (Å²) in [5, 5.41) is 14.8. The molecular weight excluding hydrogens is 276 g/mol. The minimum atomic E-state index is -0.0186. The Morgan fingerprint density at radius 1 is 1.60 bits per heavy atom. The molecular formula is C10H11BrN2OS. The van der Waals surface area contributed by atoms with Crippen molar-refractivity contribution >= 4 is 38.2 Å². The van der Waals surface area contributed by atoms with E-state index in [4.69, 9.17) is 5.26 Å². The van der Waals surface area contributed by atoms with Gasteiger partial charge in [0, 0.05) is 11.8 Å². The van der Waals surface area contributed by atoms with Crippen molar-refractivity contribution in [2.45, 2.75) is 19.3 Å². The van der Waals surface area contributed by atoms with Crippen molar-refractivity contribution in [1.82, 2.24) is 0 Å². The maximum absolute atomic E-state index is 11.4. The minimum Gasteiger partial charge on any atom is -0.317 e. The van der Waals surface area contributed by atoms with Gasteiger partial charge in [0.15, 0.2) is 0 Å². The summed E-state index contributed by atoms with van der Waals surface area (Å²) < 4.78 is 0. The third-order valence-electron chi connectivity index (χ3n) is 1.83. The van der Waals surface area contributed by atoms with Crippen LogP contribution < -0.4 is 5.32 Å². The number of nitrogens with zero attached hydrogens (tertiary/aromatic N) is 1. The van der Waals surface area contributed by atoms with Crippen LogP contribution in [0.4, 0.5) is 5.00 Å². The Kier molecular flexibility index (Phi) is 5.37. The standard InChI is InChI=1S/C10H11BrN2OS/c11-5-2-1-3-9(14)13-10-8(7-12)4-6-15-10/h4,6H,1-3,5H2,(H,13,14). The van der Waals surface area contributed by atoms with Crippen LogP contribution in [0.25, 0.3) is 0 Å². The Morgan fingerprint density at radius 2 is 2.40 bits per heavy atom. The second kappa shape index (κ2) is 6.59. The van der Waals surface area contributed by atoms with E-state index >= 15 is 0 Å². The molecule has 3 nitrogen and oxygen atoms in total. The lowest BCUT2D eigenvalue weighted by Gasteiger charge is -2.01. The first-order valence-electron chi connectivity index (χ1n) is 4.61. The van der Waals surface area contributed by atoms with E-state index in [2.05, 4.69) is 21.2 Å². The van der Waals surface area contributed by atoms with E-state index in [1.165, 1.54) is 11.3 Å². The predicted octanol–water partition coefficient (Wildman–Crippen LogP) is 3.12. The van der Waals surface area contributed by atoms with E-state index < -0.39 is 0 Å². The number of carbonyl (C=O) groups is 1. The maximum Gasteiger partial charge on any atom is 0.225 e. The van der Waals surface area contributed by atoms with E-state index in [1.807, 2.05) is 6.07 Å². The van der Waals surface area contributed by atoms with E-state index in [9.17, 15) is 4.79 Å². The second-order valence-electron chi connectivity index (χ2n) is 2.97. The Balaban J connectivity index is 2.42. The van der Waals surface area contributed by atoms with Crippen LogP contribution in [0, 0.1) is 11.3 Å². The summed E-state index contributed by atoms with van der Waals surface area (Å²) in [5.41, 5.74) is 0.536. The lowest BCUT2D eigenvalue weighted by atomic mass is 10.2. The lowest BCUT2D eigenvalue weighted by molar-refractivity contribution is -0.116. The van der Waals surface area contributed by atoms with E-state index in [0.717, 1.165) is 18.2 Å². The summed E-state index contributed by atoms with van der Waals surface area (Å²) in [6.45, 7) is 0. The number of carbonyl (C=O) groups excluding carboxylic acids is 1. The SMILES string of the molecule is N#Cc1ccsc1NC(=O)CCCCBr. The average molecular weight is 287 g/mol. The lowest BCUT2D eigenvalue weighted by Crippen LogP contribution is -2.10. The summed E-state index contributed by atoms with van der Waals surface area (Å²) in [7, 11) is 0. The van der Waals surface area contributed by atoms with Crippen molar-refractivity contribution in [2.75, 3.05) is 10.6 Å². The number of thiophene rings is 1. The van der Waals surface area contributed by atoms with Crippen LogP contribution in [0.5, 0.6) is 0 Å². The molecule has 0 aliphatic carbocycles. The Morgan fingerprint density at radius 3 is 3.07 bits per heavy atom. The monoisotopic (exact) mass is 286 g/mol. The molecule has 0 radical (unpaired) electrons. The molecule has 0 atom stereocenters. The fraction of sp³-hybridized carbons (Fsp3) is 0.400. The number of anilines is 1. The highest BCUT2D eigenvalue weighted by Gasteiger charge is 2.07. The first-order chi connectivity index (χ1) is 7.27. The fourth-order valence-electron chi connectivity index (χ4n) is 1.06. The molecule has 1 heterocycles.